The summed E-state index contributed by atoms with van der Waals surface area (Å²) in [6.45, 7) is 2.96. The molecule has 0 aliphatic heterocycles. The predicted octanol–water partition coefficient (Wildman–Crippen LogP) is 3.81. The molecule has 0 unspecified atom stereocenters. The van der Waals surface area contributed by atoms with Crippen molar-refractivity contribution in [2.45, 2.75) is 31.7 Å². The van der Waals surface area contributed by atoms with Crippen LogP contribution in [-0.4, -0.2) is 47.6 Å². The summed E-state index contributed by atoms with van der Waals surface area (Å²) in [7, 11) is 4.80. The molecule has 0 fully saturated rings. The summed E-state index contributed by atoms with van der Waals surface area (Å²) in [5.41, 5.74) is 0.794. The molecule has 0 amide bonds. The van der Waals surface area contributed by atoms with Gasteiger partial charge in [0.05, 0.1) is 27.1 Å². The Balaban J connectivity index is 1.59. The van der Waals surface area contributed by atoms with Gasteiger partial charge in [-0.05, 0) is 49.4 Å². The monoisotopic (exact) mass is 457 g/mol. The molecule has 0 spiro atoms. The Morgan fingerprint density at radius 2 is 1.62 bits per heavy atom. The number of ketones is 1. The number of carbonyl (C=O) groups is 1. The zero-order valence-corrected chi connectivity index (χ0v) is 19.5. The van der Waals surface area contributed by atoms with E-state index in [4.69, 9.17) is 18.9 Å². The lowest BCUT2D eigenvalue weighted by atomic mass is 10.1. The summed E-state index contributed by atoms with van der Waals surface area (Å²) >= 11 is 1.37. The molecule has 0 N–H and O–H groups in total. The van der Waals surface area contributed by atoms with Gasteiger partial charge in [-0.2, -0.15) is 0 Å². The smallest absolute Gasteiger partial charge is 0.191 e. The zero-order valence-electron chi connectivity index (χ0n) is 18.7. The standard InChI is InChI=1S/C23H27N3O5S/c1-5-26-22(14-31-19-8-6-18(28-2)7-9-19)24-25-23(26)32-15-17(27)12-16-13-20(29-3)10-11-21(16)30-4/h6-11,13H,5,12,14-15H2,1-4H3. The molecule has 0 saturated carbocycles. The van der Waals surface area contributed by atoms with Crippen LogP contribution >= 0.6 is 11.8 Å². The van der Waals surface area contributed by atoms with Gasteiger partial charge in [0, 0.05) is 18.5 Å². The zero-order chi connectivity index (χ0) is 22.9. The first-order valence-electron chi connectivity index (χ1n) is 10.1. The van der Waals surface area contributed by atoms with Gasteiger partial charge < -0.3 is 23.5 Å². The van der Waals surface area contributed by atoms with Crippen LogP contribution in [0.2, 0.25) is 0 Å². The Morgan fingerprint density at radius 3 is 2.28 bits per heavy atom. The largest absolute Gasteiger partial charge is 0.497 e. The van der Waals surface area contributed by atoms with Crippen LogP contribution in [0.4, 0.5) is 0 Å². The molecule has 0 aliphatic carbocycles. The Bertz CT molecular complexity index is 1040. The first-order valence-corrected chi connectivity index (χ1v) is 11.1. The summed E-state index contributed by atoms with van der Waals surface area (Å²) in [5.74, 6) is 3.87. The molecule has 1 aromatic heterocycles. The fraction of sp³-hybridized carbons (Fsp3) is 0.348. The van der Waals surface area contributed by atoms with E-state index < -0.39 is 0 Å². The van der Waals surface area contributed by atoms with Gasteiger partial charge in [-0.15, -0.1) is 10.2 Å². The molecular formula is C23H27N3O5S. The second-order valence-corrected chi connectivity index (χ2v) is 7.73. The number of hydrogen-bond donors (Lipinski definition) is 0. The molecule has 9 heteroatoms. The normalized spacial score (nSPS) is 10.6. The van der Waals surface area contributed by atoms with Gasteiger partial charge in [0.1, 0.15) is 35.4 Å². The maximum Gasteiger partial charge on any atom is 0.191 e. The summed E-state index contributed by atoms with van der Waals surface area (Å²) < 4.78 is 23.5. The number of thioether (sulfide) groups is 1. The van der Waals surface area contributed by atoms with E-state index >= 15 is 0 Å². The van der Waals surface area contributed by atoms with Crippen LogP contribution in [0.5, 0.6) is 23.0 Å². The maximum absolute atomic E-state index is 12.6. The summed E-state index contributed by atoms with van der Waals surface area (Å²) in [6, 6.07) is 12.8. The van der Waals surface area contributed by atoms with E-state index in [1.165, 1.54) is 11.8 Å². The van der Waals surface area contributed by atoms with E-state index in [1.807, 2.05) is 41.8 Å². The molecule has 3 rings (SSSR count). The molecule has 170 valence electrons. The predicted molar refractivity (Wildman–Crippen MR) is 122 cm³/mol. The number of nitrogens with zero attached hydrogens (tertiary/aromatic N) is 3. The molecule has 8 nitrogen and oxygen atoms in total. The van der Waals surface area contributed by atoms with Crippen molar-refractivity contribution in [1.82, 2.24) is 14.8 Å². The van der Waals surface area contributed by atoms with Crippen LogP contribution in [0.1, 0.15) is 18.3 Å². The maximum atomic E-state index is 12.6. The molecule has 2 aromatic carbocycles. The van der Waals surface area contributed by atoms with E-state index in [0.29, 0.717) is 34.8 Å². The molecular weight excluding hydrogens is 430 g/mol. The van der Waals surface area contributed by atoms with Crippen molar-refractivity contribution < 1.29 is 23.7 Å². The molecule has 0 bridgehead atoms. The number of aromatic nitrogens is 3. The first kappa shape index (κ1) is 23.5. The number of ether oxygens (including phenoxy) is 4. The fourth-order valence-corrected chi connectivity index (χ4v) is 3.98. The first-order chi connectivity index (χ1) is 15.6. The van der Waals surface area contributed by atoms with E-state index in [1.54, 1.807) is 33.5 Å². The van der Waals surface area contributed by atoms with Gasteiger partial charge >= 0.3 is 0 Å². The molecule has 0 saturated heterocycles. The van der Waals surface area contributed by atoms with Crippen LogP contribution in [0.25, 0.3) is 0 Å². The molecule has 1 heterocycles. The Hall–Kier alpha value is -3.20. The van der Waals surface area contributed by atoms with Crippen LogP contribution in [-0.2, 0) is 24.4 Å². The minimum Gasteiger partial charge on any atom is -0.497 e. The van der Waals surface area contributed by atoms with Crippen molar-refractivity contribution in [1.29, 1.82) is 0 Å². The minimum absolute atomic E-state index is 0.0586. The summed E-state index contributed by atoms with van der Waals surface area (Å²) in [4.78, 5) is 12.6. The van der Waals surface area contributed by atoms with Gasteiger partial charge in [-0.1, -0.05) is 11.8 Å². The van der Waals surface area contributed by atoms with Crippen molar-refractivity contribution in [3.8, 4) is 23.0 Å². The number of carbonyl (C=O) groups excluding carboxylic acids is 1. The number of Topliss-reactive ketones (excluding diaryl/α,β-unsaturated/α-hetero) is 1. The lowest BCUT2D eigenvalue weighted by Crippen LogP contribution is -2.10. The average Bonchev–Trinajstić information content (AvgIpc) is 3.23. The van der Waals surface area contributed by atoms with E-state index in [9.17, 15) is 4.79 Å². The third-order valence-electron chi connectivity index (χ3n) is 4.77. The van der Waals surface area contributed by atoms with Crippen molar-refractivity contribution in [2.75, 3.05) is 27.1 Å². The third-order valence-corrected chi connectivity index (χ3v) is 5.80. The van der Waals surface area contributed by atoms with Crippen molar-refractivity contribution in [3.05, 3.63) is 53.9 Å². The van der Waals surface area contributed by atoms with Gasteiger partial charge in [0.25, 0.3) is 0 Å². The number of rotatable bonds is 12. The number of methoxy groups -OCH3 is 3. The molecule has 0 aliphatic rings. The average molecular weight is 458 g/mol. The highest BCUT2D eigenvalue weighted by molar-refractivity contribution is 7.99. The lowest BCUT2D eigenvalue weighted by molar-refractivity contribution is -0.116. The Kier molecular flexibility index (Phi) is 8.38. The van der Waals surface area contributed by atoms with Gasteiger partial charge in [-0.25, -0.2) is 0 Å². The highest BCUT2D eigenvalue weighted by Gasteiger charge is 2.15. The number of hydrogen-bond acceptors (Lipinski definition) is 8. The van der Waals surface area contributed by atoms with Gasteiger partial charge in [-0.3, -0.25) is 4.79 Å². The summed E-state index contributed by atoms with van der Waals surface area (Å²) in [5, 5.41) is 9.17. The highest BCUT2D eigenvalue weighted by atomic mass is 32.2. The Labute approximate surface area is 191 Å². The molecule has 32 heavy (non-hydrogen) atoms. The quantitative estimate of drug-likeness (QED) is 0.380. The van der Waals surface area contributed by atoms with Crippen LogP contribution < -0.4 is 18.9 Å². The molecule has 0 atom stereocenters. The lowest BCUT2D eigenvalue weighted by Gasteiger charge is -2.10. The number of benzene rings is 2. The van der Waals surface area contributed by atoms with Crippen molar-refractivity contribution in [2.24, 2.45) is 0 Å². The highest BCUT2D eigenvalue weighted by Crippen LogP contribution is 2.26. The second kappa shape index (κ2) is 11.4. The molecule has 0 radical (unpaired) electrons. The van der Waals surface area contributed by atoms with Crippen LogP contribution in [0, 0.1) is 0 Å². The van der Waals surface area contributed by atoms with Crippen molar-refractivity contribution >= 4 is 17.5 Å². The van der Waals surface area contributed by atoms with Crippen LogP contribution in [0.3, 0.4) is 0 Å². The van der Waals surface area contributed by atoms with E-state index in [-0.39, 0.29) is 24.6 Å². The van der Waals surface area contributed by atoms with Crippen molar-refractivity contribution in [3.63, 3.8) is 0 Å². The van der Waals surface area contributed by atoms with Gasteiger partial charge in [0.2, 0.25) is 0 Å². The van der Waals surface area contributed by atoms with E-state index in [0.717, 1.165) is 11.3 Å². The SMILES string of the molecule is CCn1c(COc2ccc(OC)cc2)nnc1SCC(=O)Cc1cc(OC)ccc1OC. The third kappa shape index (κ3) is 5.94. The second-order valence-electron chi connectivity index (χ2n) is 6.79. The van der Waals surface area contributed by atoms with Crippen LogP contribution in [0.15, 0.2) is 47.6 Å². The van der Waals surface area contributed by atoms with Gasteiger partial charge in [0.15, 0.2) is 11.0 Å². The summed E-state index contributed by atoms with van der Waals surface area (Å²) in [6.07, 6.45) is 0.251. The molecule has 3 aromatic rings. The minimum atomic E-state index is 0.0586. The fourth-order valence-electron chi connectivity index (χ4n) is 3.10. The Morgan fingerprint density at radius 1 is 0.938 bits per heavy atom. The van der Waals surface area contributed by atoms with E-state index in [2.05, 4.69) is 10.2 Å². The topological polar surface area (TPSA) is 84.7 Å².